The van der Waals surface area contributed by atoms with Gasteiger partial charge in [0.2, 0.25) is 6.10 Å². The van der Waals surface area contributed by atoms with Crippen molar-refractivity contribution < 1.29 is 19.4 Å². The molecule has 0 saturated heterocycles. The monoisotopic (exact) mass is 118 g/mol. The number of methoxy groups -OCH3 is 1. The summed E-state index contributed by atoms with van der Waals surface area (Å²) in [6.45, 7) is 0. The molecule has 0 aliphatic heterocycles. The number of hydrogen-bond acceptors (Lipinski definition) is 3. The zero-order valence-corrected chi connectivity index (χ0v) is 4.33. The van der Waals surface area contributed by atoms with E-state index in [0.29, 0.717) is 0 Å². The van der Waals surface area contributed by atoms with Crippen LogP contribution in [0.4, 0.5) is 0 Å². The molecule has 0 aliphatic rings. The van der Waals surface area contributed by atoms with Gasteiger partial charge < -0.3 is 9.84 Å². The van der Waals surface area contributed by atoms with Crippen molar-refractivity contribution in [2.75, 3.05) is 7.11 Å². The highest BCUT2D eigenvalue weighted by molar-refractivity contribution is 5.89. The zero-order valence-electron chi connectivity index (χ0n) is 4.33. The first-order chi connectivity index (χ1) is 3.72. The molecule has 8 heavy (non-hydrogen) atoms. The molecule has 46 valence electrons. The van der Waals surface area contributed by atoms with Gasteiger partial charge in [-0.05, 0) is 0 Å². The molecule has 0 spiro atoms. The van der Waals surface area contributed by atoms with Crippen molar-refractivity contribution in [1.29, 1.82) is 0 Å². The second-order valence-corrected chi connectivity index (χ2v) is 1.13. The number of rotatable bonds is 3. The lowest BCUT2D eigenvalue weighted by Gasteiger charge is -1.97. The molecule has 0 rings (SSSR count). The van der Waals surface area contributed by atoms with Gasteiger partial charge in [0.1, 0.15) is 0 Å². The zero-order chi connectivity index (χ0) is 6.57. The standard InChI is InChI=1S/C4H6O4/c1-8-3(2-5)4(6)7/h2-3H,1H3,(H,6,7). The molecule has 0 amide bonds. The fourth-order valence-corrected chi connectivity index (χ4v) is 0.215. The maximum Gasteiger partial charge on any atom is 0.340 e. The first-order valence-corrected chi connectivity index (χ1v) is 1.93. The van der Waals surface area contributed by atoms with E-state index in [1.807, 2.05) is 0 Å². The van der Waals surface area contributed by atoms with Crippen LogP contribution in [0.2, 0.25) is 0 Å². The summed E-state index contributed by atoms with van der Waals surface area (Å²) in [4.78, 5) is 19.5. The van der Waals surface area contributed by atoms with E-state index in [4.69, 9.17) is 5.11 Å². The molecule has 0 aromatic carbocycles. The molecule has 0 saturated carbocycles. The van der Waals surface area contributed by atoms with Crippen LogP contribution in [0.1, 0.15) is 0 Å². The van der Waals surface area contributed by atoms with Gasteiger partial charge in [-0.25, -0.2) is 4.79 Å². The van der Waals surface area contributed by atoms with Crippen molar-refractivity contribution in [2.45, 2.75) is 6.10 Å². The normalized spacial score (nSPS) is 12.6. The van der Waals surface area contributed by atoms with Crippen LogP contribution in [-0.4, -0.2) is 30.6 Å². The lowest BCUT2D eigenvalue weighted by molar-refractivity contribution is -0.150. The summed E-state index contributed by atoms with van der Waals surface area (Å²) in [5.41, 5.74) is 0. The molecule has 0 fully saturated rings. The Morgan fingerprint density at radius 1 is 1.88 bits per heavy atom. The lowest BCUT2D eigenvalue weighted by Crippen LogP contribution is -2.23. The van der Waals surface area contributed by atoms with E-state index in [9.17, 15) is 9.59 Å². The largest absolute Gasteiger partial charge is 0.479 e. The molecule has 4 nitrogen and oxygen atoms in total. The Kier molecular flexibility index (Phi) is 2.79. The SMILES string of the molecule is COC(C=O)C(=O)O. The molecule has 0 heterocycles. The van der Waals surface area contributed by atoms with Gasteiger partial charge in [-0.15, -0.1) is 0 Å². The van der Waals surface area contributed by atoms with Crippen molar-refractivity contribution in [1.82, 2.24) is 0 Å². The quantitative estimate of drug-likeness (QED) is 0.392. The van der Waals surface area contributed by atoms with E-state index >= 15 is 0 Å². The van der Waals surface area contributed by atoms with E-state index in [-0.39, 0.29) is 6.29 Å². The smallest absolute Gasteiger partial charge is 0.340 e. The minimum absolute atomic E-state index is 0.225. The first kappa shape index (κ1) is 7.10. The van der Waals surface area contributed by atoms with Gasteiger partial charge in [-0.1, -0.05) is 0 Å². The van der Waals surface area contributed by atoms with E-state index in [1.165, 1.54) is 0 Å². The Hall–Kier alpha value is -0.900. The number of hydrogen-bond donors (Lipinski definition) is 1. The maximum atomic E-state index is 9.81. The Balaban J connectivity index is 3.69. The average Bonchev–Trinajstić information content (AvgIpc) is 1.69. The third-order valence-corrected chi connectivity index (χ3v) is 0.621. The fraction of sp³-hybridized carbons (Fsp3) is 0.500. The Labute approximate surface area is 46.1 Å². The molecule has 1 unspecified atom stereocenters. The van der Waals surface area contributed by atoms with Crippen molar-refractivity contribution in [3.8, 4) is 0 Å². The summed E-state index contributed by atoms with van der Waals surface area (Å²) in [6, 6.07) is 0. The fourth-order valence-electron chi connectivity index (χ4n) is 0.215. The number of carbonyl (C=O) groups excluding carboxylic acids is 1. The van der Waals surface area contributed by atoms with Crippen LogP contribution in [0.15, 0.2) is 0 Å². The average molecular weight is 118 g/mol. The van der Waals surface area contributed by atoms with Crippen LogP contribution in [-0.2, 0) is 14.3 Å². The van der Waals surface area contributed by atoms with E-state index < -0.39 is 12.1 Å². The topological polar surface area (TPSA) is 63.6 Å². The number of carboxylic acid groups (broad SMARTS) is 1. The first-order valence-electron chi connectivity index (χ1n) is 1.93. The summed E-state index contributed by atoms with van der Waals surface area (Å²) in [5, 5.41) is 8.02. The van der Waals surface area contributed by atoms with Crippen LogP contribution in [0.25, 0.3) is 0 Å². The van der Waals surface area contributed by atoms with Crippen molar-refractivity contribution in [3.63, 3.8) is 0 Å². The summed E-state index contributed by atoms with van der Waals surface area (Å²) >= 11 is 0. The lowest BCUT2D eigenvalue weighted by atomic mass is 10.4. The van der Waals surface area contributed by atoms with Gasteiger partial charge in [0.15, 0.2) is 6.29 Å². The minimum Gasteiger partial charge on any atom is -0.479 e. The maximum absolute atomic E-state index is 9.81. The van der Waals surface area contributed by atoms with Crippen molar-refractivity contribution in [2.24, 2.45) is 0 Å². The Morgan fingerprint density at radius 2 is 2.38 bits per heavy atom. The third kappa shape index (κ3) is 1.70. The summed E-state index contributed by atoms with van der Waals surface area (Å²) in [6.07, 6.45) is -1.09. The van der Waals surface area contributed by atoms with Crippen LogP contribution in [0.3, 0.4) is 0 Å². The Bertz CT molecular complexity index is 98.2. The highest BCUT2D eigenvalue weighted by Crippen LogP contribution is 1.81. The Morgan fingerprint density at radius 3 is 2.38 bits per heavy atom. The molecule has 0 aliphatic carbocycles. The van der Waals surface area contributed by atoms with Crippen LogP contribution in [0, 0.1) is 0 Å². The second-order valence-electron chi connectivity index (χ2n) is 1.13. The minimum atomic E-state index is -1.31. The number of aliphatic carboxylic acids is 1. The summed E-state index contributed by atoms with van der Waals surface area (Å²) in [7, 11) is 1.16. The molecule has 0 radical (unpaired) electrons. The summed E-state index contributed by atoms with van der Waals surface area (Å²) in [5.74, 6) is -1.26. The summed E-state index contributed by atoms with van der Waals surface area (Å²) < 4.78 is 4.19. The number of aldehydes is 1. The van der Waals surface area contributed by atoms with Crippen molar-refractivity contribution >= 4 is 12.3 Å². The molecule has 0 aromatic rings. The molecule has 1 atom stereocenters. The predicted molar refractivity (Wildman–Crippen MR) is 24.5 cm³/mol. The number of carbonyl (C=O) groups is 2. The van der Waals surface area contributed by atoms with E-state index in [0.717, 1.165) is 7.11 Å². The molecular weight excluding hydrogens is 112 g/mol. The van der Waals surface area contributed by atoms with Gasteiger partial charge in [0.25, 0.3) is 0 Å². The highest BCUT2D eigenvalue weighted by atomic mass is 16.5. The molecule has 0 aromatic heterocycles. The van der Waals surface area contributed by atoms with Gasteiger partial charge in [0.05, 0.1) is 0 Å². The van der Waals surface area contributed by atoms with E-state index in [2.05, 4.69) is 4.74 Å². The number of carboxylic acids is 1. The van der Waals surface area contributed by atoms with Gasteiger partial charge in [-0.3, -0.25) is 4.79 Å². The van der Waals surface area contributed by atoms with Gasteiger partial charge in [-0.2, -0.15) is 0 Å². The van der Waals surface area contributed by atoms with Gasteiger partial charge in [0, 0.05) is 7.11 Å². The third-order valence-electron chi connectivity index (χ3n) is 0.621. The molecule has 4 heteroatoms. The van der Waals surface area contributed by atoms with Crippen LogP contribution in [0.5, 0.6) is 0 Å². The predicted octanol–water partition coefficient (Wildman–Crippen LogP) is -0.715. The second kappa shape index (κ2) is 3.15. The van der Waals surface area contributed by atoms with Crippen LogP contribution < -0.4 is 0 Å². The molecule has 1 N–H and O–H groups in total. The van der Waals surface area contributed by atoms with Gasteiger partial charge >= 0.3 is 5.97 Å². The van der Waals surface area contributed by atoms with Crippen LogP contribution >= 0.6 is 0 Å². The highest BCUT2D eigenvalue weighted by Gasteiger charge is 2.12. The number of ether oxygens (including phenoxy) is 1. The van der Waals surface area contributed by atoms with Crippen molar-refractivity contribution in [3.05, 3.63) is 0 Å². The molecule has 0 bridgehead atoms. The van der Waals surface area contributed by atoms with E-state index in [1.54, 1.807) is 0 Å². The molecular formula is C4H6O4.